The average molecular weight is 686 g/mol. The molecule has 7 heterocycles. The first-order valence-corrected chi connectivity index (χ1v) is 17.8. The lowest BCUT2D eigenvalue weighted by atomic mass is 9.56. The van der Waals surface area contributed by atoms with Gasteiger partial charge in [-0.1, -0.05) is 48.6 Å². The largest absolute Gasteiger partial charge is 1.00 e. The number of rotatable bonds is 2. The van der Waals surface area contributed by atoms with Crippen molar-refractivity contribution < 1.29 is 44.0 Å². The van der Waals surface area contributed by atoms with Crippen LogP contribution in [0.25, 0.3) is 0 Å². The van der Waals surface area contributed by atoms with Gasteiger partial charge in [0.2, 0.25) is 0 Å². The van der Waals surface area contributed by atoms with Gasteiger partial charge in [-0.15, -0.1) is 0 Å². The zero-order valence-corrected chi connectivity index (χ0v) is 29.4. The maximum atomic E-state index is 10.3. The van der Waals surface area contributed by atoms with Crippen LogP contribution in [0.5, 0.6) is 0 Å². The van der Waals surface area contributed by atoms with E-state index in [1.807, 2.05) is 0 Å². The van der Waals surface area contributed by atoms with E-state index in [1.165, 1.54) is 48.5 Å². The molecular weight excluding hydrogens is 639 g/mol. The second kappa shape index (κ2) is 10.0. The molecule has 4 bridgehead atoms. The summed E-state index contributed by atoms with van der Waals surface area (Å²) < 4.78 is 2.18. The van der Waals surface area contributed by atoms with Gasteiger partial charge in [0.15, 0.2) is 0 Å². The molecule has 6 nitrogen and oxygen atoms in total. The topological polar surface area (TPSA) is 46.9 Å². The van der Waals surface area contributed by atoms with Crippen molar-refractivity contribution in [2.24, 2.45) is 11.8 Å². The molecule has 11 rings (SSSR count). The number of quaternary nitrogens is 2. The van der Waals surface area contributed by atoms with E-state index in [1.54, 1.807) is 22.3 Å². The fourth-order valence-electron chi connectivity index (χ4n) is 13.8. The number of aliphatic hydroxyl groups excluding tert-OH is 2. The van der Waals surface area contributed by atoms with Gasteiger partial charge in [-0.05, 0) is 45.6 Å². The van der Waals surface area contributed by atoms with Gasteiger partial charge < -0.3 is 53.8 Å². The molecule has 9 aliphatic rings. The molecule has 0 radical (unpaired) electrons. The Kier molecular flexibility index (Phi) is 6.56. The molecule has 4 saturated heterocycles. The van der Waals surface area contributed by atoms with E-state index in [4.69, 9.17) is 0 Å². The maximum absolute atomic E-state index is 10.3. The Balaban J connectivity index is 0.00000157. The SMILES string of the molecule is C[N+]12CC[C@@]34c5ccccc5N5/C=C6/[C@H]7C[C@H]8[C@@]9(CC[N+]8(C)C/C7=C/CO)c7ccccc7N(/C=C(/[C@@H](C[C@@H]31)/C(=C\CO)C2)[C@H]54)[C@@H]69.[Cl-].[Cl-]. The van der Waals surface area contributed by atoms with Crippen molar-refractivity contribution in [2.75, 3.05) is 63.3 Å². The van der Waals surface area contributed by atoms with Crippen molar-refractivity contribution in [3.8, 4) is 0 Å². The van der Waals surface area contributed by atoms with E-state index in [0.717, 1.165) is 34.9 Å². The summed E-state index contributed by atoms with van der Waals surface area (Å²) in [5.74, 6) is 0.709. The van der Waals surface area contributed by atoms with Crippen molar-refractivity contribution in [1.82, 2.24) is 0 Å². The number of para-hydroxylation sites is 2. The lowest BCUT2D eigenvalue weighted by Gasteiger charge is -2.58. The van der Waals surface area contributed by atoms with Gasteiger partial charge in [-0.2, -0.15) is 0 Å². The van der Waals surface area contributed by atoms with E-state index in [0.29, 0.717) is 23.9 Å². The molecule has 48 heavy (non-hydrogen) atoms. The summed E-state index contributed by atoms with van der Waals surface area (Å²) in [6.45, 7) is 4.70. The highest BCUT2D eigenvalue weighted by atomic mass is 35.5. The minimum atomic E-state index is 0. The summed E-state index contributed by atoms with van der Waals surface area (Å²) in [6.07, 6.45) is 14.4. The molecule has 0 amide bonds. The summed E-state index contributed by atoms with van der Waals surface area (Å²) in [5, 5.41) is 20.6. The van der Waals surface area contributed by atoms with Crippen molar-refractivity contribution >= 4 is 11.4 Å². The van der Waals surface area contributed by atoms with Crippen LogP contribution >= 0.6 is 0 Å². The van der Waals surface area contributed by atoms with Crippen LogP contribution in [0.4, 0.5) is 11.4 Å². The molecule has 2 aromatic carbocycles. The quantitative estimate of drug-likeness (QED) is 0.295. The standard InChI is InChI=1S/C40H46N4O2.2ClH/c1-43-15-13-39-31-7-3-5-9-33(31)41-22-30-28-20-36-40(14-16-44(36,2)24-26(28)12-18-46)32-8-4-6-10-34(32)42(38(30)40)21-29(37(39)41)27(19-35(39)43)25(23-43)11-17-45;;/h3-12,21-22,27-28,35-38,45-46H,13-20,23-24H2,1-2H3;2*1H/q+2;;/p-2/b25-11-,26-12-,29-21-,30-22-;;/t27-,28-,35-,36-,37-,38-,39+,40+,43?,44?;;/m0../s1. The number of halogens is 2. The lowest BCUT2D eigenvalue weighted by molar-refractivity contribution is -0.924. The Hall–Kier alpha value is -2.58. The van der Waals surface area contributed by atoms with E-state index in [2.05, 4.69) is 97.0 Å². The third-order valence-electron chi connectivity index (χ3n) is 15.3. The van der Waals surface area contributed by atoms with Crippen LogP contribution < -0.4 is 34.6 Å². The van der Waals surface area contributed by atoms with Gasteiger partial charge in [0.05, 0.1) is 63.3 Å². The third-order valence-corrected chi connectivity index (χ3v) is 15.3. The molecule has 2 spiro atoms. The lowest BCUT2D eigenvalue weighted by Crippen LogP contribution is -3.00. The number of anilines is 2. The smallest absolute Gasteiger partial charge is 0.102 e. The van der Waals surface area contributed by atoms with Gasteiger partial charge in [0, 0.05) is 61.3 Å². The number of hydrogen-bond acceptors (Lipinski definition) is 4. The second-order valence-electron chi connectivity index (χ2n) is 16.7. The van der Waals surface area contributed by atoms with Crippen LogP contribution in [0, 0.1) is 11.8 Å². The Morgan fingerprint density at radius 2 is 1.10 bits per heavy atom. The molecule has 0 aromatic heterocycles. The first-order chi connectivity index (χ1) is 22.4. The Morgan fingerprint density at radius 3 is 1.52 bits per heavy atom. The molecule has 2 saturated carbocycles. The number of benzene rings is 2. The van der Waals surface area contributed by atoms with Gasteiger partial charge in [0.25, 0.3) is 0 Å². The highest BCUT2D eigenvalue weighted by Gasteiger charge is 2.74. The van der Waals surface area contributed by atoms with Crippen molar-refractivity contribution in [2.45, 2.75) is 60.7 Å². The zero-order chi connectivity index (χ0) is 30.8. The van der Waals surface area contributed by atoms with Gasteiger partial charge in [-0.25, -0.2) is 0 Å². The molecule has 2 aliphatic carbocycles. The number of hydrogen-bond donors (Lipinski definition) is 2. The Labute approximate surface area is 296 Å². The number of piperidine rings is 2. The Morgan fingerprint density at radius 1 is 0.688 bits per heavy atom. The summed E-state index contributed by atoms with van der Waals surface area (Å²) in [4.78, 5) is 5.55. The van der Waals surface area contributed by atoms with E-state index < -0.39 is 0 Å². The normalized spacial score (nSPS) is 46.6. The predicted octanol–water partition coefficient (Wildman–Crippen LogP) is -1.63. The van der Waals surface area contributed by atoms with Gasteiger partial charge in [-0.3, -0.25) is 0 Å². The van der Waals surface area contributed by atoms with Crippen molar-refractivity contribution in [3.63, 3.8) is 0 Å². The minimum absolute atomic E-state index is 0. The molecule has 10 atom stereocenters. The van der Waals surface area contributed by atoms with E-state index >= 15 is 0 Å². The molecule has 7 aliphatic heterocycles. The number of aliphatic hydroxyl groups is 2. The summed E-state index contributed by atoms with van der Waals surface area (Å²) >= 11 is 0. The monoisotopic (exact) mass is 684 g/mol. The average Bonchev–Trinajstić information content (AvgIpc) is 3.73. The molecule has 2 aromatic rings. The first kappa shape index (κ1) is 31.4. The van der Waals surface area contributed by atoms with E-state index in [-0.39, 0.29) is 60.9 Å². The minimum Gasteiger partial charge on any atom is -1.00 e. The van der Waals surface area contributed by atoms with Crippen LogP contribution in [-0.4, -0.2) is 96.8 Å². The zero-order valence-electron chi connectivity index (χ0n) is 27.9. The molecule has 2 N–H and O–H groups in total. The molecule has 252 valence electrons. The third kappa shape index (κ3) is 3.32. The summed E-state index contributed by atoms with van der Waals surface area (Å²) in [6, 6.07) is 20.5. The Bertz CT molecular complexity index is 1740. The van der Waals surface area contributed by atoms with E-state index in [9.17, 15) is 10.2 Å². The number of likely N-dealkylation sites (N-methyl/N-ethyl adjacent to an activating group) is 2. The van der Waals surface area contributed by atoms with Gasteiger partial charge >= 0.3 is 0 Å². The molecule has 2 unspecified atom stereocenters. The van der Waals surface area contributed by atoms with Crippen LogP contribution in [0.2, 0.25) is 0 Å². The predicted molar refractivity (Wildman–Crippen MR) is 180 cm³/mol. The molecule has 6 fully saturated rings. The van der Waals surface area contributed by atoms with Crippen LogP contribution in [-0.2, 0) is 10.8 Å². The maximum Gasteiger partial charge on any atom is 0.102 e. The number of nitrogens with zero attached hydrogens (tertiary/aromatic N) is 4. The van der Waals surface area contributed by atoms with Gasteiger partial charge in [0.1, 0.15) is 25.2 Å². The summed E-state index contributed by atoms with van der Waals surface area (Å²) in [7, 11) is 5.01. The highest BCUT2D eigenvalue weighted by Crippen LogP contribution is 2.69. The molecule has 8 heteroatoms. The highest BCUT2D eigenvalue weighted by molar-refractivity contribution is 5.77. The van der Waals surface area contributed by atoms with Crippen LogP contribution in [0.1, 0.15) is 36.8 Å². The first-order valence-electron chi connectivity index (χ1n) is 17.8. The van der Waals surface area contributed by atoms with Crippen LogP contribution in [0.3, 0.4) is 0 Å². The number of fused-ring (bicyclic) bond motifs is 8. The van der Waals surface area contributed by atoms with Crippen molar-refractivity contribution in [3.05, 3.63) is 107 Å². The fourth-order valence-corrected chi connectivity index (χ4v) is 13.8. The van der Waals surface area contributed by atoms with Crippen LogP contribution in [0.15, 0.2) is 95.4 Å². The fraction of sp³-hybridized carbons (Fsp3) is 0.500. The second-order valence-corrected chi connectivity index (χ2v) is 16.7. The molecular formula is C40H46Cl2N4O2. The van der Waals surface area contributed by atoms with Crippen molar-refractivity contribution in [1.29, 1.82) is 0 Å². The summed E-state index contributed by atoms with van der Waals surface area (Å²) in [5.41, 5.74) is 12.1.